The molecule has 0 saturated carbocycles. The fourth-order valence-electron chi connectivity index (χ4n) is 1.64. The summed E-state index contributed by atoms with van der Waals surface area (Å²) in [5.74, 6) is 0.528. The summed E-state index contributed by atoms with van der Waals surface area (Å²) >= 11 is 7.03. The Morgan fingerprint density at radius 2 is 2.12 bits per heavy atom. The Balaban J connectivity index is 1.96. The van der Waals surface area contributed by atoms with E-state index >= 15 is 0 Å². The third-order valence-corrected chi connectivity index (χ3v) is 5.17. The third kappa shape index (κ3) is 3.38. The molecule has 1 aromatic rings. The van der Waals surface area contributed by atoms with Gasteiger partial charge >= 0.3 is 0 Å². The van der Waals surface area contributed by atoms with E-state index in [0.717, 1.165) is 11.6 Å². The number of aromatic nitrogens is 2. The first-order chi connectivity index (χ1) is 7.55. The molecule has 0 amide bonds. The average Bonchev–Trinajstić information content (AvgIpc) is 2.52. The summed E-state index contributed by atoms with van der Waals surface area (Å²) < 4.78 is 23.2. The molecule has 8 heteroatoms. The maximum absolute atomic E-state index is 11.4. The van der Waals surface area contributed by atoms with Crippen LogP contribution in [0.15, 0.2) is 0 Å². The van der Waals surface area contributed by atoms with Crippen molar-refractivity contribution in [1.82, 2.24) is 15.1 Å². The van der Waals surface area contributed by atoms with Gasteiger partial charge in [0.2, 0.25) is 4.47 Å². The highest BCUT2D eigenvalue weighted by molar-refractivity contribution is 7.91. The van der Waals surface area contributed by atoms with Crippen molar-refractivity contribution >= 4 is 32.8 Å². The van der Waals surface area contributed by atoms with Crippen molar-refractivity contribution in [3.8, 4) is 0 Å². The summed E-state index contributed by atoms with van der Waals surface area (Å²) in [5.41, 5.74) is 0. The maximum atomic E-state index is 11.4. The Hall–Kier alpha value is -0.240. The molecule has 0 unspecified atom stereocenters. The van der Waals surface area contributed by atoms with Gasteiger partial charge in [0.25, 0.3) is 0 Å². The number of halogens is 1. The number of hydrogen-bond acceptors (Lipinski definition) is 6. The second kappa shape index (κ2) is 4.95. The normalized spacial score (nSPS) is 21.8. The molecule has 1 saturated heterocycles. The Morgan fingerprint density at radius 1 is 1.31 bits per heavy atom. The summed E-state index contributed by atoms with van der Waals surface area (Å²) in [4.78, 5) is 2.08. The Bertz CT molecular complexity index is 460. The van der Waals surface area contributed by atoms with Gasteiger partial charge in [-0.3, -0.25) is 4.90 Å². The zero-order valence-electron chi connectivity index (χ0n) is 8.60. The molecule has 0 radical (unpaired) electrons. The minimum Gasteiger partial charge on any atom is -0.296 e. The monoisotopic (exact) mass is 281 g/mol. The second-order valence-electron chi connectivity index (χ2n) is 3.73. The molecule has 1 aromatic heterocycles. The van der Waals surface area contributed by atoms with E-state index in [-0.39, 0.29) is 5.75 Å². The van der Waals surface area contributed by atoms with Crippen LogP contribution < -0.4 is 0 Å². The van der Waals surface area contributed by atoms with E-state index in [2.05, 4.69) is 15.1 Å². The highest BCUT2D eigenvalue weighted by atomic mass is 35.5. The van der Waals surface area contributed by atoms with Crippen molar-refractivity contribution in [3.05, 3.63) is 9.47 Å². The fraction of sp³-hybridized carbons (Fsp3) is 0.750. The third-order valence-electron chi connectivity index (χ3n) is 2.45. The zero-order valence-corrected chi connectivity index (χ0v) is 11.0. The minimum atomic E-state index is -2.84. The van der Waals surface area contributed by atoms with E-state index in [1.807, 2.05) is 0 Å². The van der Waals surface area contributed by atoms with Crippen LogP contribution in [0.1, 0.15) is 11.4 Å². The first-order valence-electron chi connectivity index (χ1n) is 4.96. The van der Waals surface area contributed by atoms with E-state index in [1.165, 1.54) is 11.3 Å². The summed E-state index contributed by atoms with van der Waals surface area (Å²) in [7, 11) is -2.84. The maximum Gasteiger partial charge on any atom is 0.207 e. The van der Waals surface area contributed by atoms with Gasteiger partial charge in [-0.2, -0.15) is 0 Å². The molecule has 2 rings (SSSR count). The van der Waals surface area contributed by atoms with E-state index < -0.39 is 9.84 Å². The molecule has 0 bridgehead atoms. The molecule has 90 valence electrons. The van der Waals surface area contributed by atoms with Crippen molar-refractivity contribution in [2.45, 2.75) is 13.0 Å². The van der Waals surface area contributed by atoms with Gasteiger partial charge < -0.3 is 0 Å². The van der Waals surface area contributed by atoms with Gasteiger partial charge in [-0.15, -0.1) is 10.2 Å². The lowest BCUT2D eigenvalue weighted by Gasteiger charge is -2.16. The van der Waals surface area contributed by atoms with Gasteiger partial charge in [-0.1, -0.05) is 11.3 Å². The molecule has 1 fully saturated rings. The highest BCUT2D eigenvalue weighted by Gasteiger charge is 2.19. The van der Waals surface area contributed by atoms with Gasteiger partial charge in [0.15, 0.2) is 9.84 Å². The molecule has 16 heavy (non-hydrogen) atoms. The lowest BCUT2D eigenvalue weighted by atomic mass is 10.4. The quantitative estimate of drug-likeness (QED) is 0.803. The molecule has 5 nitrogen and oxygen atoms in total. The highest BCUT2D eigenvalue weighted by Crippen LogP contribution is 2.17. The van der Waals surface area contributed by atoms with Crippen LogP contribution in [-0.2, 0) is 16.4 Å². The van der Waals surface area contributed by atoms with E-state index in [0.29, 0.717) is 29.7 Å². The Labute approximate surface area is 103 Å². The van der Waals surface area contributed by atoms with Crippen molar-refractivity contribution < 1.29 is 8.42 Å². The summed E-state index contributed by atoms with van der Waals surface area (Å²) in [5, 5.41) is 8.48. The predicted molar refractivity (Wildman–Crippen MR) is 63.5 cm³/mol. The Morgan fingerprint density at radius 3 is 2.81 bits per heavy atom. The largest absolute Gasteiger partial charge is 0.296 e. The number of sulfone groups is 1. The first-order valence-corrected chi connectivity index (χ1v) is 7.97. The second-order valence-corrected chi connectivity index (χ2v) is 7.68. The molecule has 0 atom stereocenters. The Kier molecular flexibility index (Phi) is 3.78. The fourth-order valence-corrected chi connectivity index (χ4v) is 3.86. The van der Waals surface area contributed by atoms with Crippen molar-refractivity contribution in [1.29, 1.82) is 0 Å². The van der Waals surface area contributed by atoms with Crippen molar-refractivity contribution in [2.75, 3.05) is 24.6 Å². The van der Waals surface area contributed by atoms with Crippen LogP contribution in [0.5, 0.6) is 0 Å². The molecule has 0 N–H and O–H groups in total. The van der Waals surface area contributed by atoms with E-state index in [1.54, 1.807) is 0 Å². The lowest BCUT2D eigenvalue weighted by molar-refractivity contribution is 0.286. The standard InChI is InChI=1S/C8H12ClN3O2S2/c9-8-11-10-7(15-8)6-12-2-1-4-16(13,14)5-3-12/h1-6H2. The SMILES string of the molecule is O=S1(=O)CCCN(Cc2nnc(Cl)s2)CC1. The smallest absolute Gasteiger partial charge is 0.207 e. The number of rotatable bonds is 2. The van der Waals surface area contributed by atoms with Crippen LogP contribution in [0.2, 0.25) is 4.47 Å². The predicted octanol–water partition coefficient (Wildman–Crippen LogP) is 0.812. The molecular formula is C8H12ClN3O2S2. The van der Waals surface area contributed by atoms with Gasteiger partial charge in [-0.05, 0) is 24.6 Å². The minimum absolute atomic E-state index is 0.236. The molecule has 1 aliphatic rings. The summed E-state index contributed by atoms with van der Waals surface area (Å²) in [6, 6.07) is 0. The van der Waals surface area contributed by atoms with Crippen LogP contribution in [0.3, 0.4) is 0 Å². The van der Waals surface area contributed by atoms with Crippen LogP contribution in [0, 0.1) is 0 Å². The van der Waals surface area contributed by atoms with E-state index in [4.69, 9.17) is 11.6 Å². The summed E-state index contributed by atoms with van der Waals surface area (Å²) in [6.45, 7) is 2.00. The van der Waals surface area contributed by atoms with Gasteiger partial charge in [0.1, 0.15) is 5.01 Å². The average molecular weight is 282 g/mol. The molecule has 2 heterocycles. The number of nitrogens with zero attached hydrogens (tertiary/aromatic N) is 3. The lowest BCUT2D eigenvalue weighted by Crippen LogP contribution is -2.26. The van der Waals surface area contributed by atoms with E-state index in [9.17, 15) is 8.42 Å². The molecule has 0 aromatic carbocycles. The topological polar surface area (TPSA) is 63.2 Å². The van der Waals surface area contributed by atoms with Crippen LogP contribution in [0.4, 0.5) is 0 Å². The number of hydrogen-bond donors (Lipinski definition) is 0. The van der Waals surface area contributed by atoms with Crippen molar-refractivity contribution in [2.24, 2.45) is 0 Å². The van der Waals surface area contributed by atoms with Gasteiger partial charge in [-0.25, -0.2) is 8.42 Å². The first kappa shape index (κ1) is 12.2. The van der Waals surface area contributed by atoms with Gasteiger partial charge in [0, 0.05) is 6.54 Å². The molecule has 0 aliphatic carbocycles. The molecular weight excluding hydrogens is 270 g/mol. The van der Waals surface area contributed by atoms with Gasteiger partial charge in [0.05, 0.1) is 18.1 Å². The van der Waals surface area contributed by atoms with Crippen LogP contribution in [0.25, 0.3) is 0 Å². The summed E-state index contributed by atoms with van der Waals surface area (Å²) in [6.07, 6.45) is 0.689. The van der Waals surface area contributed by atoms with Crippen LogP contribution >= 0.6 is 22.9 Å². The molecule has 1 aliphatic heterocycles. The molecule has 0 spiro atoms. The van der Waals surface area contributed by atoms with Crippen LogP contribution in [-0.4, -0.2) is 48.1 Å². The van der Waals surface area contributed by atoms with Crippen molar-refractivity contribution in [3.63, 3.8) is 0 Å². The zero-order chi connectivity index (χ0) is 11.6.